The zero-order valence-electron chi connectivity index (χ0n) is 12.7. The Morgan fingerprint density at radius 1 is 1.24 bits per heavy atom. The minimum Gasteiger partial charge on any atom is -0.481 e. The number of furan rings is 1. The van der Waals surface area contributed by atoms with Gasteiger partial charge in [-0.3, -0.25) is 4.79 Å². The molecule has 1 aromatic heterocycles. The average molecular weight is 287 g/mol. The summed E-state index contributed by atoms with van der Waals surface area (Å²) in [5.41, 5.74) is 2.24. The van der Waals surface area contributed by atoms with E-state index >= 15 is 0 Å². The first-order valence-electron chi connectivity index (χ1n) is 7.02. The number of carbonyl (C=O) groups is 1. The minimum absolute atomic E-state index is 0.0757. The Balaban J connectivity index is 2.27. The standard InChI is InChI=1S/C17H21NO3/c1-12(10-17(19)20)15-8-9-16(21-15)14-7-5-4-6-13(14)11-18(2)3/h4-9,12H,10-11H2,1-3H3,(H,19,20). The molecule has 0 amide bonds. The van der Waals surface area contributed by atoms with Gasteiger partial charge in [-0.1, -0.05) is 31.2 Å². The molecular formula is C17H21NO3. The fourth-order valence-electron chi connectivity index (χ4n) is 2.36. The summed E-state index contributed by atoms with van der Waals surface area (Å²) in [5, 5.41) is 8.87. The molecule has 21 heavy (non-hydrogen) atoms. The van der Waals surface area contributed by atoms with Crippen LogP contribution in [0.2, 0.25) is 0 Å². The molecule has 0 saturated heterocycles. The third-order valence-corrected chi connectivity index (χ3v) is 3.36. The molecule has 0 radical (unpaired) electrons. The summed E-state index contributed by atoms with van der Waals surface area (Å²) in [6.45, 7) is 2.69. The number of carboxylic acids is 1. The Labute approximate surface area is 125 Å². The van der Waals surface area contributed by atoms with Crippen molar-refractivity contribution in [2.24, 2.45) is 0 Å². The van der Waals surface area contributed by atoms with Crippen LogP contribution in [0.1, 0.15) is 30.6 Å². The first kappa shape index (κ1) is 15.3. The smallest absolute Gasteiger partial charge is 0.304 e. The maximum atomic E-state index is 10.8. The summed E-state index contributed by atoms with van der Waals surface area (Å²) < 4.78 is 5.87. The van der Waals surface area contributed by atoms with Crippen molar-refractivity contribution >= 4 is 5.97 Å². The second kappa shape index (κ2) is 6.59. The van der Waals surface area contributed by atoms with E-state index in [0.717, 1.165) is 17.9 Å². The lowest BCUT2D eigenvalue weighted by atomic mass is 10.0. The van der Waals surface area contributed by atoms with Crippen LogP contribution in [0.3, 0.4) is 0 Å². The maximum absolute atomic E-state index is 10.8. The number of rotatable bonds is 6. The van der Waals surface area contributed by atoms with E-state index in [9.17, 15) is 4.79 Å². The van der Waals surface area contributed by atoms with Gasteiger partial charge in [-0.05, 0) is 31.8 Å². The van der Waals surface area contributed by atoms with E-state index in [2.05, 4.69) is 11.0 Å². The second-order valence-corrected chi connectivity index (χ2v) is 5.60. The summed E-state index contributed by atoms with van der Waals surface area (Å²) >= 11 is 0. The summed E-state index contributed by atoms with van der Waals surface area (Å²) in [6, 6.07) is 11.9. The SMILES string of the molecule is CC(CC(=O)O)c1ccc(-c2ccccc2CN(C)C)o1. The fraction of sp³-hybridized carbons (Fsp3) is 0.353. The van der Waals surface area contributed by atoms with Crippen LogP contribution in [0.4, 0.5) is 0 Å². The molecule has 1 heterocycles. The molecule has 0 spiro atoms. The lowest BCUT2D eigenvalue weighted by molar-refractivity contribution is -0.137. The summed E-state index contributed by atoms with van der Waals surface area (Å²) in [7, 11) is 4.05. The number of hydrogen-bond acceptors (Lipinski definition) is 3. The van der Waals surface area contributed by atoms with Gasteiger partial charge in [0, 0.05) is 18.0 Å². The van der Waals surface area contributed by atoms with Crippen LogP contribution in [-0.4, -0.2) is 30.1 Å². The lowest BCUT2D eigenvalue weighted by Gasteiger charge is -2.13. The first-order valence-corrected chi connectivity index (χ1v) is 7.02. The summed E-state index contributed by atoms with van der Waals surface area (Å²) in [5.74, 6) is 0.567. The molecule has 0 aliphatic rings. The molecule has 2 aromatic rings. The largest absolute Gasteiger partial charge is 0.481 e. The molecule has 0 saturated carbocycles. The highest BCUT2D eigenvalue weighted by Gasteiger charge is 2.16. The average Bonchev–Trinajstić information content (AvgIpc) is 2.87. The maximum Gasteiger partial charge on any atom is 0.304 e. The van der Waals surface area contributed by atoms with Gasteiger partial charge in [0.2, 0.25) is 0 Å². The van der Waals surface area contributed by atoms with Crippen LogP contribution < -0.4 is 0 Å². The van der Waals surface area contributed by atoms with E-state index in [1.165, 1.54) is 5.56 Å². The van der Waals surface area contributed by atoms with Crippen molar-refractivity contribution in [3.05, 3.63) is 47.7 Å². The topological polar surface area (TPSA) is 53.7 Å². The monoisotopic (exact) mass is 287 g/mol. The molecule has 1 aromatic carbocycles. The number of carboxylic acid groups (broad SMARTS) is 1. The predicted molar refractivity (Wildman–Crippen MR) is 82.2 cm³/mol. The number of aliphatic carboxylic acids is 1. The van der Waals surface area contributed by atoms with E-state index in [-0.39, 0.29) is 12.3 Å². The van der Waals surface area contributed by atoms with Gasteiger partial charge in [-0.2, -0.15) is 0 Å². The van der Waals surface area contributed by atoms with Crippen LogP contribution in [0.25, 0.3) is 11.3 Å². The van der Waals surface area contributed by atoms with E-state index in [4.69, 9.17) is 9.52 Å². The van der Waals surface area contributed by atoms with Crippen LogP contribution in [0.5, 0.6) is 0 Å². The van der Waals surface area contributed by atoms with Gasteiger partial charge in [-0.15, -0.1) is 0 Å². The normalized spacial score (nSPS) is 12.6. The number of nitrogens with zero attached hydrogens (tertiary/aromatic N) is 1. The highest BCUT2D eigenvalue weighted by Crippen LogP contribution is 2.30. The summed E-state index contributed by atoms with van der Waals surface area (Å²) in [6.07, 6.45) is 0.0757. The molecule has 1 unspecified atom stereocenters. The van der Waals surface area contributed by atoms with Crippen molar-refractivity contribution in [2.45, 2.75) is 25.8 Å². The van der Waals surface area contributed by atoms with E-state index in [1.54, 1.807) is 0 Å². The van der Waals surface area contributed by atoms with E-state index < -0.39 is 5.97 Å². The molecule has 4 heteroatoms. The first-order chi connectivity index (χ1) is 9.97. The van der Waals surface area contributed by atoms with Crippen LogP contribution >= 0.6 is 0 Å². The predicted octanol–water partition coefficient (Wildman–Crippen LogP) is 3.59. The van der Waals surface area contributed by atoms with E-state index in [1.807, 2.05) is 51.4 Å². The van der Waals surface area contributed by atoms with Gasteiger partial charge in [0.15, 0.2) is 0 Å². The second-order valence-electron chi connectivity index (χ2n) is 5.60. The minimum atomic E-state index is -0.812. The van der Waals surface area contributed by atoms with Crippen molar-refractivity contribution in [2.75, 3.05) is 14.1 Å². The third-order valence-electron chi connectivity index (χ3n) is 3.36. The van der Waals surface area contributed by atoms with Gasteiger partial charge >= 0.3 is 5.97 Å². The Kier molecular flexibility index (Phi) is 4.81. The molecule has 2 rings (SSSR count). The fourth-order valence-corrected chi connectivity index (χ4v) is 2.36. The quantitative estimate of drug-likeness (QED) is 0.882. The van der Waals surface area contributed by atoms with Gasteiger partial charge in [0.05, 0.1) is 6.42 Å². The van der Waals surface area contributed by atoms with Gasteiger partial charge in [0.25, 0.3) is 0 Å². The van der Waals surface area contributed by atoms with E-state index in [0.29, 0.717) is 5.76 Å². The van der Waals surface area contributed by atoms with Gasteiger partial charge in [-0.25, -0.2) is 0 Å². The van der Waals surface area contributed by atoms with Crippen molar-refractivity contribution in [1.29, 1.82) is 0 Å². The van der Waals surface area contributed by atoms with Crippen LogP contribution in [-0.2, 0) is 11.3 Å². The van der Waals surface area contributed by atoms with Gasteiger partial charge < -0.3 is 14.4 Å². The van der Waals surface area contributed by atoms with Crippen LogP contribution in [0.15, 0.2) is 40.8 Å². The Bertz CT molecular complexity index is 616. The highest BCUT2D eigenvalue weighted by molar-refractivity contribution is 5.68. The zero-order chi connectivity index (χ0) is 15.4. The molecule has 0 fully saturated rings. The zero-order valence-corrected chi connectivity index (χ0v) is 12.7. The molecule has 0 aliphatic heterocycles. The molecule has 4 nitrogen and oxygen atoms in total. The molecule has 0 aliphatic carbocycles. The molecule has 112 valence electrons. The third kappa shape index (κ3) is 3.95. The van der Waals surface area contributed by atoms with Crippen molar-refractivity contribution in [1.82, 2.24) is 4.90 Å². The lowest BCUT2D eigenvalue weighted by Crippen LogP contribution is -2.11. The Hall–Kier alpha value is -2.07. The molecule has 1 N–H and O–H groups in total. The van der Waals surface area contributed by atoms with Crippen molar-refractivity contribution in [3.8, 4) is 11.3 Å². The van der Waals surface area contributed by atoms with Crippen LogP contribution in [0, 0.1) is 0 Å². The molecular weight excluding hydrogens is 266 g/mol. The van der Waals surface area contributed by atoms with Gasteiger partial charge in [0.1, 0.15) is 11.5 Å². The van der Waals surface area contributed by atoms with Crippen molar-refractivity contribution < 1.29 is 14.3 Å². The number of benzene rings is 1. The van der Waals surface area contributed by atoms with Crippen molar-refractivity contribution in [3.63, 3.8) is 0 Å². The summed E-state index contributed by atoms with van der Waals surface area (Å²) in [4.78, 5) is 12.9. The number of hydrogen-bond donors (Lipinski definition) is 1. The Morgan fingerprint density at radius 3 is 2.62 bits per heavy atom. The molecule has 1 atom stereocenters. The highest BCUT2D eigenvalue weighted by atomic mass is 16.4. The molecule has 0 bridgehead atoms. The Morgan fingerprint density at radius 2 is 1.95 bits per heavy atom.